The second-order valence-electron chi connectivity index (χ2n) is 7.75. The van der Waals surface area contributed by atoms with E-state index < -0.39 is 0 Å². The molecule has 0 spiro atoms. The van der Waals surface area contributed by atoms with Crippen LogP contribution in [0.3, 0.4) is 0 Å². The number of esters is 1. The van der Waals surface area contributed by atoms with Gasteiger partial charge in [-0.1, -0.05) is 26.2 Å². The van der Waals surface area contributed by atoms with Gasteiger partial charge in [-0.25, -0.2) is 4.79 Å². The van der Waals surface area contributed by atoms with E-state index in [0.29, 0.717) is 24.1 Å². The Balaban J connectivity index is 0.00000196. The highest BCUT2D eigenvalue weighted by molar-refractivity contribution is 5.90. The number of halogens is 1. The third kappa shape index (κ3) is 3.72. The third-order valence-corrected chi connectivity index (χ3v) is 6.11. The highest BCUT2D eigenvalue weighted by Gasteiger charge is 2.44. The first kappa shape index (κ1) is 19.5. The largest absolute Gasteiger partial charge is 0.462 e. The zero-order chi connectivity index (χ0) is 17.2. The maximum atomic E-state index is 12.2. The molecule has 144 valence electrons. The van der Waals surface area contributed by atoms with Crippen molar-refractivity contribution >= 4 is 24.1 Å². The molecule has 0 aromatic heterocycles. The minimum Gasteiger partial charge on any atom is -0.462 e. The van der Waals surface area contributed by atoms with Crippen molar-refractivity contribution < 1.29 is 14.3 Å². The fourth-order valence-electron chi connectivity index (χ4n) is 4.88. The summed E-state index contributed by atoms with van der Waals surface area (Å²) in [5, 5.41) is 3.82. The number of fused-ring (bicyclic) bond motifs is 3. The van der Waals surface area contributed by atoms with E-state index in [-0.39, 0.29) is 24.5 Å². The lowest BCUT2D eigenvalue weighted by atomic mass is 9.73. The molecule has 0 unspecified atom stereocenters. The summed E-state index contributed by atoms with van der Waals surface area (Å²) >= 11 is 0. The van der Waals surface area contributed by atoms with Crippen LogP contribution >= 0.6 is 12.4 Å². The van der Waals surface area contributed by atoms with Crippen molar-refractivity contribution in [3.63, 3.8) is 0 Å². The van der Waals surface area contributed by atoms with E-state index in [1.807, 2.05) is 25.1 Å². The van der Waals surface area contributed by atoms with Crippen molar-refractivity contribution in [2.24, 2.45) is 11.8 Å². The minimum absolute atomic E-state index is 0. The van der Waals surface area contributed by atoms with Crippen LogP contribution in [0.15, 0.2) is 18.2 Å². The summed E-state index contributed by atoms with van der Waals surface area (Å²) in [6.07, 6.45) is 8.84. The molecular weight excluding hydrogens is 350 g/mol. The zero-order valence-electron chi connectivity index (χ0n) is 15.5. The van der Waals surface area contributed by atoms with Crippen LogP contribution in [-0.2, 0) is 9.47 Å². The van der Waals surface area contributed by atoms with Gasteiger partial charge in [-0.2, -0.15) is 0 Å². The first-order chi connectivity index (χ1) is 12.3. The predicted molar refractivity (Wildman–Crippen MR) is 105 cm³/mol. The van der Waals surface area contributed by atoms with Crippen LogP contribution in [0.25, 0.3) is 0 Å². The first-order valence-corrected chi connectivity index (χ1v) is 9.97. The summed E-state index contributed by atoms with van der Waals surface area (Å²) < 4.78 is 11.4. The molecule has 2 fully saturated rings. The Morgan fingerprint density at radius 3 is 2.81 bits per heavy atom. The minimum atomic E-state index is -0.228. The summed E-state index contributed by atoms with van der Waals surface area (Å²) in [5.74, 6) is 1.05. The van der Waals surface area contributed by atoms with Crippen LogP contribution in [0.2, 0.25) is 0 Å². The van der Waals surface area contributed by atoms with Gasteiger partial charge in [-0.05, 0) is 49.8 Å². The molecule has 0 radical (unpaired) electrons. The van der Waals surface area contributed by atoms with Crippen molar-refractivity contribution in [1.29, 1.82) is 0 Å². The molecule has 26 heavy (non-hydrogen) atoms. The maximum Gasteiger partial charge on any atom is 0.338 e. The van der Waals surface area contributed by atoms with Crippen LogP contribution in [0.5, 0.6) is 0 Å². The zero-order valence-corrected chi connectivity index (χ0v) is 16.4. The van der Waals surface area contributed by atoms with E-state index in [4.69, 9.17) is 9.47 Å². The molecular formula is C21H30ClNO3. The van der Waals surface area contributed by atoms with Gasteiger partial charge in [0.05, 0.1) is 18.3 Å². The molecule has 3 aliphatic rings. The average Bonchev–Trinajstić information content (AvgIpc) is 3.16. The summed E-state index contributed by atoms with van der Waals surface area (Å²) in [6, 6.07) is 6.43. The lowest BCUT2D eigenvalue weighted by molar-refractivity contribution is 0.0503. The van der Waals surface area contributed by atoms with Gasteiger partial charge < -0.3 is 14.8 Å². The van der Waals surface area contributed by atoms with E-state index in [1.54, 1.807) is 0 Å². The molecule has 2 heterocycles. The Bertz CT molecular complexity index is 630. The number of rotatable bonds is 4. The number of nitrogens with one attached hydrogen (secondary N) is 1. The Hall–Kier alpha value is -1.26. The van der Waals surface area contributed by atoms with Gasteiger partial charge in [0.15, 0.2) is 0 Å². The second-order valence-corrected chi connectivity index (χ2v) is 7.75. The van der Waals surface area contributed by atoms with Crippen LogP contribution in [0, 0.1) is 11.8 Å². The van der Waals surface area contributed by atoms with Gasteiger partial charge >= 0.3 is 5.97 Å². The summed E-state index contributed by atoms with van der Waals surface area (Å²) in [4.78, 5) is 12.2. The van der Waals surface area contributed by atoms with Crippen molar-refractivity contribution in [3.05, 3.63) is 29.3 Å². The lowest BCUT2D eigenvalue weighted by Crippen LogP contribution is -2.42. The summed E-state index contributed by atoms with van der Waals surface area (Å²) in [5.41, 5.74) is 2.92. The van der Waals surface area contributed by atoms with E-state index >= 15 is 0 Å². The van der Waals surface area contributed by atoms with E-state index in [2.05, 4.69) is 5.32 Å². The monoisotopic (exact) mass is 379 g/mol. The summed E-state index contributed by atoms with van der Waals surface area (Å²) in [6.45, 7) is 3.30. The van der Waals surface area contributed by atoms with Gasteiger partial charge in [0.2, 0.25) is 0 Å². The molecule has 2 aliphatic heterocycles. The van der Waals surface area contributed by atoms with Crippen LogP contribution in [0.1, 0.15) is 73.9 Å². The van der Waals surface area contributed by atoms with Crippen molar-refractivity contribution in [1.82, 2.24) is 0 Å². The predicted octanol–water partition coefficient (Wildman–Crippen LogP) is 5.13. The van der Waals surface area contributed by atoms with Gasteiger partial charge in [0.25, 0.3) is 0 Å². The van der Waals surface area contributed by atoms with Gasteiger partial charge in [-0.3, -0.25) is 0 Å². The molecule has 1 aromatic rings. The number of carbonyl (C=O) groups is 1. The van der Waals surface area contributed by atoms with E-state index in [0.717, 1.165) is 36.6 Å². The number of anilines is 1. The molecule has 0 bridgehead atoms. The number of ether oxygens (including phenoxy) is 2. The lowest BCUT2D eigenvalue weighted by Gasteiger charge is -2.42. The molecule has 3 atom stereocenters. The number of hydrogen-bond acceptors (Lipinski definition) is 4. The van der Waals surface area contributed by atoms with Crippen molar-refractivity contribution in [2.45, 2.75) is 64.0 Å². The highest BCUT2D eigenvalue weighted by atomic mass is 35.5. The second kappa shape index (κ2) is 8.62. The highest BCUT2D eigenvalue weighted by Crippen LogP contribution is 2.48. The van der Waals surface area contributed by atoms with Gasteiger partial charge in [-0.15, -0.1) is 12.4 Å². The quantitative estimate of drug-likeness (QED) is 0.737. The maximum absolute atomic E-state index is 12.2. The molecule has 1 saturated heterocycles. The Morgan fingerprint density at radius 1 is 1.23 bits per heavy atom. The van der Waals surface area contributed by atoms with E-state index in [9.17, 15) is 4.79 Å². The Labute approximate surface area is 162 Å². The van der Waals surface area contributed by atoms with Crippen LogP contribution in [-0.4, -0.2) is 25.2 Å². The molecule has 5 heteroatoms. The van der Waals surface area contributed by atoms with Crippen molar-refractivity contribution in [2.75, 3.05) is 18.5 Å². The molecule has 0 amide bonds. The van der Waals surface area contributed by atoms with Gasteiger partial charge in [0.1, 0.15) is 0 Å². The van der Waals surface area contributed by atoms with Crippen molar-refractivity contribution in [3.8, 4) is 0 Å². The van der Waals surface area contributed by atoms with Crippen LogP contribution in [0.4, 0.5) is 5.69 Å². The standard InChI is InChI=1S/C21H29NO3.ClH/c1-2-11-25-21(23)15-8-9-18-17(13-15)20-16(10-12-24-20)19(22-18)14-6-4-3-5-7-14;/h8-9,13-14,16,19-20,22H,2-7,10-12H2,1H3;1H/t16-,19+,20-;/m0./s1. The summed E-state index contributed by atoms with van der Waals surface area (Å²) in [7, 11) is 0. The fraction of sp³-hybridized carbons (Fsp3) is 0.667. The fourth-order valence-corrected chi connectivity index (χ4v) is 4.88. The number of benzene rings is 1. The molecule has 1 aromatic carbocycles. The number of carbonyl (C=O) groups excluding carboxylic acids is 1. The Morgan fingerprint density at radius 2 is 2.04 bits per heavy atom. The third-order valence-electron chi connectivity index (χ3n) is 6.11. The van der Waals surface area contributed by atoms with Crippen LogP contribution < -0.4 is 5.32 Å². The SMILES string of the molecule is CCCOC(=O)c1ccc2c(c1)[C@H]1OCC[C@H]1[C@@H](C1CCCCC1)N2.Cl. The molecule has 4 rings (SSSR count). The molecule has 1 aliphatic carbocycles. The smallest absolute Gasteiger partial charge is 0.338 e. The van der Waals surface area contributed by atoms with E-state index in [1.165, 1.54) is 32.1 Å². The topological polar surface area (TPSA) is 47.6 Å². The normalized spacial score (nSPS) is 27.7. The molecule has 1 N–H and O–H groups in total. The molecule has 4 nitrogen and oxygen atoms in total. The van der Waals surface area contributed by atoms with Gasteiger partial charge in [0, 0.05) is 29.8 Å². The number of hydrogen-bond donors (Lipinski definition) is 1. The molecule has 1 saturated carbocycles. The first-order valence-electron chi connectivity index (χ1n) is 9.97. The average molecular weight is 380 g/mol. The Kier molecular flexibility index (Phi) is 6.46.